The van der Waals surface area contributed by atoms with Crippen LogP contribution in [0.25, 0.3) is 0 Å². The minimum Gasteiger partial charge on any atom is -0.480 e. The molecule has 0 unspecified atom stereocenters. The molecule has 0 saturated carbocycles. The summed E-state index contributed by atoms with van der Waals surface area (Å²) in [5, 5.41) is 10.1. The van der Waals surface area contributed by atoms with Crippen molar-refractivity contribution in [2.45, 2.75) is 0 Å². The van der Waals surface area contributed by atoms with E-state index in [1.807, 2.05) is 0 Å². The van der Waals surface area contributed by atoms with Gasteiger partial charge in [-0.05, 0) is 0 Å². The monoisotopic (exact) mass is 235 g/mol. The molecule has 0 spiro atoms. The van der Waals surface area contributed by atoms with Crippen molar-refractivity contribution in [2.24, 2.45) is 11.7 Å². The zero-order chi connectivity index (χ0) is 10.2. The molecule has 11 heteroatoms. The first-order chi connectivity index (χ1) is 5.42. The highest BCUT2D eigenvalue weighted by atomic mass is 31.2. The average molecular weight is 235 g/mol. The predicted octanol–water partition coefficient (Wildman–Crippen LogP) is -2.06. The summed E-state index contributed by atoms with van der Waals surface area (Å²) in [6, 6.07) is 0. The van der Waals surface area contributed by atoms with Crippen LogP contribution in [-0.4, -0.2) is 33.7 Å². The highest BCUT2D eigenvalue weighted by Crippen LogP contribution is 2.31. The highest BCUT2D eigenvalue weighted by molar-refractivity contribution is 7.51. The first-order valence-corrected chi connectivity index (χ1v) is 4.52. The Morgan fingerprint density at radius 3 is 1.86 bits per heavy atom. The van der Waals surface area contributed by atoms with Gasteiger partial charge in [-0.1, -0.05) is 0 Å². The maximum Gasteiger partial charge on any atom is 0.339 e. The van der Waals surface area contributed by atoms with Crippen LogP contribution in [-0.2, 0) is 9.36 Å². The number of hydrazine groups is 1. The molecule has 0 saturated heterocycles. The number of hydrogen-bond donors (Lipinski definition) is 8. The number of carboxylic acids is 1. The Kier molecular flexibility index (Phi) is 20.7. The molecule has 0 rings (SSSR count). The van der Waals surface area contributed by atoms with Crippen molar-refractivity contribution < 1.29 is 24.3 Å². The third-order valence-corrected chi connectivity index (χ3v) is 1.23. The average Bonchev–Trinajstić information content (AvgIpc) is 1.88. The van der Waals surface area contributed by atoms with Crippen molar-refractivity contribution in [2.75, 3.05) is 12.8 Å². The zero-order valence-corrected chi connectivity index (χ0v) is 8.48. The van der Waals surface area contributed by atoms with Crippen LogP contribution >= 0.6 is 7.60 Å². The summed E-state index contributed by atoms with van der Waals surface area (Å²) in [6.07, 6.45) is -0.598. The molecule has 0 aromatic rings. The number of hydrogen-bond acceptors (Lipinski definition) is 7. The fourth-order valence-corrected chi connectivity index (χ4v) is 0.712. The van der Waals surface area contributed by atoms with Crippen molar-refractivity contribution in [1.29, 1.82) is 0 Å². The van der Waals surface area contributed by atoms with Crippen LogP contribution in [0.4, 0.5) is 0 Å². The lowest BCUT2D eigenvalue weighted by molar-refractivity contribution is -0.135. The summed E-state index contributed by atoms with van der Waals surface area (Å²) in [7, 11) is -4.10. The maximum absolute atomic E-state index is 10.1. The van der Waals surface area contributed by atoms with E-state index in [1.54, 1.807) is 0 Å². The molecule has 0 bridgehead atoms. The number of nitrogens with two attached hydrogens (primary N) is 2. The molecular formula is C3H18N5O5P. The van der Waals surface area contributed by atoms with Crippen molar-refractivity contribution in [3.8, 4) is 0 Å². The molecule has 90 valence electrons. The molecule has 14 N–H and O–H groups in total. The summed E-state index contributed by atoms with van der Waals surface area (Å²) >= 11 is 0. The van der Waals surface area contributed by atoms with E-state index in [1.165, 1.54) is 0 Å². The van der Waals surface area contributed by atoms with Crippen LogP contribution in [0.15, 0.2) is 0 Å². The second-order valence-electron chi connectivity index (χ2n) is 1.64. The summed E-state index contributed by atoms with van der Waals surface area (Å²) < 4.78 is 10.1. The SMILES string of the molecule is N.N.NN.O=C(O)CNCP(=O)(O)O. The minimum atomic E-state index is -4.10. The Bertz CT molecular complexity index is 171. The normalized spacial score (nSPS) is 8.57. The summed E-state index contributed by atoms with van der Waals surface area (Å²) in [5.41, 5.74) is 0. The van der Waals surface area contributed by atoms with E-state index in [4.69, 9.17) is 14.9 Å². The molecule has 0 fully saturated rings. The fourth-order valence-electron chi connectivity index (χ4n) is 0.308. The second kappa shape index (κ2) is 12.4. The molecule has 0 aromatic heterocycles. The van der Waals surface area contributed by atoms with Crippen LogP contribution in [0.2, 0.25) is 0 Å². The van der Waals surface area contributed by atoms with Crippen molar-refractivity contribution in [1.82, 2.24) is 17.6 Å². The van der Waals surface area contributed by atoms with E-state index < -0.39 is 26.4 Å². The van der Waals surface area contributed by atoms with Gasteiger partial charge in [0.1, 0.15) is 0 Å². The molecule has 0 radical (unpaired) electrons. The van der Waals surface area contributed by atoms with Crippen LogP contribution in [0.1, 0.15) is 0 Å². The van der Waals surface area contributed by atoms with Crippen LogP contribution in [0.3, 0.4) is 0 Å². The number of aliphatic carboxylic acids is 1. The van der Waals surface area contributed by atoms with Crippen LogP contribution in [0, 0.1) is 0 Å². The van der Waals surface area contributed by atoms with Gasteiger partial charge in [0.05, 0.1) is 12.8 Å². The van der Waals surface area contributed by atoms with Crippen molar-refractivity contribution >= 4 is 13.6 Å². The van der Waals surface area contributed by atoms with Crippen LogP contribution in [0.5, 0.6) is 0 Å². The lowest BCUT2D eigenvalue weighted by Gasteiger charge is -2.02. The Morgan fingerprint density at radius 2 is 1.64 bits per heavy atom. The van der Waals surface area contributed by atoms with Gasteiger partial charge in [0.2, 0.25) is 0 Å². The van der Waals surface area contributed by atoms with Crippen LogP contribution < -0.4 is 29.3 Å². The van der Waals surface area contributed by atoms with Gasteiger partial charge < -0.3 is 27.2 Å². The predicted molar refractivity (Wildman–Crippen MR) is 51.0 cm³/mol. The van der Waals surface area contributed by atoms with Gasteiger partial charge in [0.15, 0.2) is 0 Å². The third kappa shape index (κ3) is 30.1. The van der Waals surface area contributed by atoms with E-state index in [9.17, 15) is 9.36 Å². The Morgan fingerprint density at radius 1 is 1.29 bits per heavy atom. The van der Waals surface area contributed by atoms with Gasteiger partial charge >= 0.3 is 13.6 Å². The lowest BCUT2D eigenvalue weighted by atomic mass is 10.7. The molecule has 10 nitrogen and oxygen atoms in total. The molecular weight excluding hydrogens is 217 g/mol. The largest absolute Gasteiger partial charge is 0.480 e. The molecule has 0 aliphatic heterocycles. The molecule has 0 aliphatic rings. The first kappa shape index (κ1) is 23.3. The number of rotatable bonds is 4. The van der Waals surface area contributed by atoms with Gasteiger partial charge in [-0.25, -0.2) is 0 Å². The number of carboxylic acid groups (broad SMARTS) is 1. The standard InChI is InChI=1S/C3H8NO5P.H4N2.2H3N/c5-3(6)1-4-2-10(7,8)9;1-2;;/h4H,1-2H2,(H,5,6)(H2,7,8,9);1-2H2;2*1H3. The van der Waals surface area contributed by atoms with E-state index >= 15 is 0 Å². The summed E-state index contributed by atoms with van der Waals surface area (Å²) in [5.74, 6) is 6.86. The molecule has 14 heavy (non-hydrogen) atoms. The molecule has 0 amide bonds. The van der Waals surface area contributed by atoms with E-state index in [0.717, 1.165) is 0 Å². The first-order valence-electron chi connectivity index (χ1n) is 2.72. The summed E-state index contributed by atoms with van der Waals surface area (Å²) in [4.78, 5) is 26.1. The minimum absolute atomic E-state index is 0. The zero-order valence-electron chi connectivity index (χ0n) is 7.59. The third-order valence-electron chi connectivity index (χ3n) is 0.594. The highest BCUT2D eigenvalue weighted by Gasteiger charge is 2.11. The van der Waals surface area contributed by atoms with Gasteiger partial charge in [-0.2, -0.15) is 0 Å². The van der Waals surface area contributed by atoms with Crippen molar-refractivity contribution in [3.63, 3.8) is 0 Å². The van der Waals surface area contributed by atoms with Gasteiger partial charge in [0.25, 0.3) is 0 Å². The Balaban J connectivity index is -0.000000117. The quantitative estimate of drug-likeness (QED) is 0.151. The maximum atomic E-state index is 10.1. The molecule has 0 aromatic carbocycles. The summed E-state index contributed by atoms with van der Waals surface area (Å²) in [6.45, 7) is -0.439. The van der Waals surface area contributed by atoms with Crippen molar-refractivity contribution in [3.05, 3.63) is 0 Å². The Hall–Kier alpha value is -0.580. The number of nitrogens with one attached hydrogen (secondary N) is 1. The smallest absolute Gasteiger partial charge is 0.339 e. The second-order valence-corrected chi connectivity index (χ2v) is 3.29. The van der Waals surface area contributed by atoms with E-state index in [2.05, 4.69) is 17.0 Å². The number of carbonyl (C=O) groups is 1. The lowest BCUT2D eigenvalue weighted by Crippen LogP contribution is -2.23. The Labute approximate surface area is 81.0 Å². The molecule has 0 aliphatic carbocycles. The van der Waals surface area contributed by atoms with Gasteiger partial charge in [-0.3, -0.25) is 26.4 Å². The van der Waals surface area contributed by atoms with E-state index in [0.29, 0.717) is 0 Å². The fraction of sp³-hybridized carbons (Fsp3) is 0.667. The topological polar surface area (TPSA) is 229 Å². The van der Waals surface area contributed by atoms with E-state index in [-0.39, 0.29) is 12.3 Å². The molecule has 0 atom stereocenters. The molecule has 0 heterocycles. The van der Waals surface area contributed by atoms with Gasteiger partial charge in [0, 0.05) is 0 Å². The van der Waals surface area contributed by atoms with Gasteiger partial charge in [-0.15, -0.1) is 0 Å².